The third kappa shape index (κ3) is 5.36. The Kier molecular flexibility index (Phi) is 6.09. The highest BCUT2D eigenvalue weighted by Gasteiger charge is 2.11. The van der Waals surface area contributed by atoms with Gasteiger partial charge in [0, 0.05) is 19.6 Å². The fourth-order valence-corrected chi connectivity index (χ4v) is 2.30. The number of hydrogen-bond acceptors (Lipinski definition) is 1. The van der Waals surface area contributed by atoms with Crippen molar-refractivity contribution in [1.29, 1.82) is 0 Å². The number of rotatable bonds is 6. The summed E-state index contributed by atoms with van der Waals surface area (Å²) in [6.07, 6.45) is 0.557. The Morgan fingerprint density at radius 1 is 1.04 bits per heavy atom. The molecule has 0 aliphatic heterocycles. The summed E-state index contributed by atoms with van der Waals surface area (Å²) < 4.78 is 26.3. The van der Waals surface area contributed by atoms with Crippen molar-refractivity contribution in [3.8, 4) is 0 Å². The molecule has 23 heavy (non-hydrogen) atoms. The van der Waals surface area contributed by atoms with E-state index in [4.69, 9.17) is 0 Å². The summed E-state index contributed by atoms with van der Waals surface area (Å²) in [6, 6.07) is 12.3. The van der Waals surface area contributed by atoms with Crippen LogP contribution < -0.4 is 5.32 Å². The van der Waals surface area contributed by atoms with Gasteiger partial charge in [-0.25, -0.2) is 13.6 Å². The Morgan fingerprint density at radius 3 is 2.26 bits per heavy atom. The minimum atomic E-state index is -0.315. The number of amides is 2. The molecule has 0 heterocycles. The first-order valence-electron chi connectivity index (χ1n) is 7.60. The lowest BCUT2D eigenvalue weighted by molar-refractivity contribution is 0.198. The van der Waals surface area contributed by atoms with Gasteiger partial charge in [-0.05, 0) is 48.7 Å². The molecule has 0 fully saturated rings. The van der Waals surface area contributed by atoms with Crippen LogP contribution in [0.1, 0.15) is 18.1 Å². The van der Waals surface area contributed by atoms with Crippen LogP contribution in [0.3, 0.4) is 0 Å². The molecule has 0 aliphatic carbocycles. The van der Waals surface area contributed by atoms with Crippen molar-refractivity contribution in [3.05, 3.63) is 71.3 Å². The van der Waals surface area contributed by atoms with Gasteiger partial charge in [0.25, 0.3) is 0 Å². The molecular formula is C18H20F2N2O. The number of hydrogen-bond donors (Lipinski definition) is 1. The van der Waals surface area contributed by atoms with Crippen LogP contribution in [0.2, 0.25) is 0 Å². The Balaban J connectivity index is 1.85. The minimum absolute atomic E-state index is 0.215. The molecule has 0 radical (unpaired) electrons. The first-order chi connectivity index (χ1) is 11.1. The lowest BCUT2D eigenvalue weighted by Gasteiger charge is -2.21. The van der Waals surface area contributed by atoms with Gasteiger partial charge in [0.15, 0.2) is 0 Å². The predicted molar refractivity (Wildman–Crippen MR) is 86.0 cm³/mol. The molecule has 0 saturated carbocycles. The second-order valence-corrected chi connectivity index (χ2v) is 5.26. The molecule has 0 aromatic heterocycles. The number of benzene rings is 2. The molecule has 0 bridgehead atoms. The van der Waals surface area contributed by atoms with Gasteiger partial charge in [0.05, 0.1) is 0 Å². The first kappa shape index (κ1) is 16.9. The molecule has 3 nitrogen and oxygen atoms in total. The number of urea groups is 1. The van der Waals surface area contributed by atoms with Crippen molar-refractivity contribution in [2.75, 3.05) is 13.1 Å². The van der Waals surface area contributed by atoms with Gasteiger partial charge in [0.2, 0.25) is 0 Å². The lowest BCUT2D eigenvalue weighted by atomic mass is 10.1. The smallest absolute Gasteiger partial charge is 0.317 e. The first-order valence-corrected chi connectivity index (χ1v) is 7.60. The third-order valence-corrected chi connectivity index (χ3v) is 3.51. The molecule has 122 valence electrons. The van der Waals surface area contributed by atoms with Gasteiger partial charge in [-0.3, -0.25) is 0 Å². The maximum absolute atomic E-state index is 13.2. The summed E-state index contributed by atoms with van der Waals surface area (Å²) >= 11 is 0. The maximum atomic E-state index is 13.2. The van der Waals surface area contributed by atoms with E-state index in [1.165, 1.54) is 24.3 Å². The summed E-state index contributed by atoms with van der Waals surface area (Å²) in [4.78, 5) is 13.8. The van der Waals surface area contributed by atoms with Crippen molar-refractivity contribution in [2.24, 2.45) is 0 Å². The van der Waals surface area contributed by atoms with E-state index in [0.29, 0.717) is 26.1 Å². The van der Waals surface area contributed by atoms with E-state index >= 15 is 0 Å². The predicted octanol–water partition coefficient (Wildman–Crippen LogP) is 3.74. The van der Waals surface area contributed by atoms with Crippen LogP contribution in [0.25, 0.3) is 0 Å². The second-order valence-electron chi connectivity index (χ2n) is 5.26. The number of carbonyl (C=O) groups is 1. The summed E-state index contributed by atoms with van der Waals surface area (Å²) in [6.45, 7) is 3.15. The third-order valence-electron chi connectivity index (χ3n) is 3.51. The van der Waals surface area contributed by atoms with E-state index < -0.39 is 0 Å². The Hall–Kier alpha value is -2.43. The summed E-state index contributed by atoms with van der Waals surface area (Å²) in [7, 11) is 0. The molecular weight excluding hydrogens is 298 g/mol. The highest BCUT2D eigenvalue weighted by atomic mass is 19.1. The van der Waals surface area contributed by atoms with Gasteiger partial charge < -0.3 is 10.2 Å². The van der Waals surface area contributed by atoms with Crippen molar-refractivity contribution in [3.63, 3.8) is 0 Å². The van der Waals surface area contributed by atoms with Crippen LogP contribution >= 0.6 is 0 Å². The average molecular weight is 318 g/mol. The van der Waals surface area contributed by atoms with Gasteiger partial charge in [-0.1, -0.05) is 24.3 Å². The van der Waals surface area contributed by atoms with Crippen LogP contribution in [0, 0.1) is 11.6 Å². The number of nitrogens with zero attached hydrogens (tertiary/aromatic N) is 1. The summed E-state index contributed by atoms with van der Waals surface area (Å²) in [5.41, 5.74) is 1.57. The Labute approximate surface area is 134 Å². The molecule has 5 heteroatoms. The van der Waals surface area contributed by atoms with E-state index in [9.17, 15) is 13.6 Å². The monoisotopic (exact) mass is 318 g/mol. The molecule has 0 aliphatic rings. The molecule has 0 saturated heterocycles. The SMILES string of the molecule is CCN(Cc1cccc(F)c1)C(=O)NCCc1cccc(F)c1. The summed E-state index contributed by atoms with van der Waals surface area (Å²) in [5, 5.41) is 2.81. The second kappa shape index (κ2) is 8.27. The van der Waals surface area contributed by atoms with Crippen LogP contribution in [0.4, 0.5) is 13.6 Å². The largest absolute Gasteiger partial charge is 0.338 e. The zero-order valence-corrected chi connectivity index (χ0v) is 13.1. The fraction of sp³-hybridized carbons (Fsp3) is 0.278. The highest BCUT2D eigenvalue weighted by Crippen LogP contribution is 2.08. The van der Waals surface area contributed by atoms with Crippen LogP contribution in [-0.2, 0) is 13.0 Å². The maximum Gasteiger partial charge on any atom is 0.317 e. The van der Waals surface area contributed by atoms with E-state index in [-0.39, 0.29) is 17.7 Å². The standard InChI is InChI=1S/C18H20F2N2O/c1-2-22(13-15-6-4-8-17(20)12-15)18(23)21-10-9-14-5-3-7-16(19)11-14/h3-8,11-12H,2,9-10,13H2,1H3,(H,21,23). The van der Waals surface area contributed by atoms with Crippen molar-refractivity contribution in [1.82, 2.24) is 10.2 Å². The van der Waals surface area contributed by atoms with Crippen LogP contribution in [-0.4, -0.2) is 24.0 Å². The van der Waals surface area contributed by atoms with Crippen LogP contribution in [0.5, 0.6) is 0 Å². The zero-order valence-electron chi connectivity index (χ0n) is 13.1. The van der Waals surface area contributed by atoms with Crippen molar-refractivity contribution in [2.45, 2.75) is 19.9 Å². The zero-order chi connectivity index (χ0) is 16.7. The number of halogens is 2. The number of carbonyl (C=O) groups excluding carboxylic acids is 1. The van der Waals surface area contributed by atoms with Gasteiger partial charge in [-0.2, -0.15) is 0 Å². The van der Waals surface area contributed by atoms with Gasteiger partial charge in [0.1, 0.15) is 11.6 Å². The van der Waals surface area contributed by atoms with E-state index in [1.807, 2.05) is 13.0 Å². The highest BCUT2D eigenvalue weighted by molar-refractivity contribution is 5.74. The summed E-state index contributed by atoms with van der Waals surface area (Å²) in [5.74, 6) is -0.597. The fourth-order valence-electron chi connectivity index (χ4n) is 2.30. The molecule has 2 aromatic carbocycles. The molecule has 1 N–H and O–H groups in total. The Bertz CT molecular complexity index is 661. The van der Waals surface area contributed by atoms with E-state index in [0.717, 1.165) is 11.1 Å². The molecule has 2 amide bonds. The molecule has 0 unspecified atom stereocenters. The van der Waals surface area contributed by atoms with Gasteiger partial charge in [-0.15, -0.1) is 0 Å². The lowest BCUT2D eigenvalue weighted by Crippen LogP contribution is -2.40. The Morgan fingerprint density at radius 2 is 1.65 bits per heavy atom. The topological polar surface area (TPSA) is 32.3 Å². The van der Waals surface area contributed by atoms with E-state index in [1.54, 1.807) is 23.1 Å². The number of nitrogens with one attached hydrogen (secondary N) is 1. The molecule has 2 aromatic rings. The minimum Gasteiger partial charge on any atom is -0.338 e. The van der Waals surface area contributed by atoms with Crippen LogP contribution in [0.15, 0.2) is 48.5 Å². The molecule has 0 spiro atoms. The molecule has 2 rings (SSSR count). The quantitative estimate of drug-likeness (QED) is 0.864. The average Bonchev–Trinajstić information content (AvgIpc) is 2.52. The van der Waals surface area contributed by atoms with Gasteiger partial charge >= 0.3 is 6.03 Å². The normalized spacial score (nSPS) is 10.4. The van der Waals surface area contributed by atoms with Crippen molar-refractivity contribution < 1.29 is 13.6 Å². The van der Waals surface area contributed by atoms with E-state index in [2.05, 4.69) is 5.32 Å². The van der Waals surface area contributed by atoms with Crippen molar-refractivity contribution >= 4 is 6.03 Å². The molecule has 0 atom stereocenters.